The number of nitrogens with one attached hydrogen (secondary N) is 2. The molecule has 3 aromatic rings. The molecule has 2 amide bonds. The van der Waals surface area contributed by atoms with Crippen molar-refractivity contribution in [2.45, 2.75) is 26.4 Å². The highest BCUT2D eigenvalue weighted by Crippen LogP contribution is 2.23. The largest absolute Gasteiger partial charge is 0.488 e. The number of benzene rings is 3. The van der Waals surface area contributed by atoms with Crippen LogP contribution in [0.15, 0.2) is 77.9 Å². The Morgan fingerprint density at radius 3 is 2.47 bits per heavy atom. The summed E-state index contributed by atoms with van der Waals surface area (Å²) in [6.07, 6.45) is 1.56. The first-order chi connectivity index (χ1) is 15.5. The lowest BCUT2D eigenvalue weighted by Gasteiger charge is -2.09. The molecule has 0 radical (unpaired) electrons. The maximum absolute atomic E-state index is 12.1. The molecule has 164 valence electrons. The van der Waals surface area contributed by atoms with Crippen molar-refractivity contribution in [3.8, 4) is 5.75 Å². The van der Waals surface area contributed by atoms with Crippen molar-refractivity contribution >= 4 is 35.3 Å². The van der Waals surface area contributed by atoms with Crippen LogP contribution in [0, 0.1) is 6.92 Å². The molecular formula is C25H24ClN3O3. The number of amides is 2. The molecule has 0 heterocycles. The highest BCUT2D eigenvalue weighted by atomic mass is 35.5. The quantitative estimate of drug-likeness (QED) is 0.352. The number of nitrogens with zero attached hydrogens (tertiary/aromatic N) is 1. The minimum atomic E-state index is -0.359. The van der Waals surface area contributed by atoms with E-state index in [0.29, 0.717) is 23.1 Å². The van der Waals surface area contributed by atoms with Gasteiger partial charge in [0.25, 0.3) is 0 Å². The number of halogens is 1. The second-order valence-electron chi connectivity index (χ2n) is 7.07. The summed E-state index contributed by atoms with van der Waals surface area (Å²) < 4.78 is 5.87. The molecule has 0 aliphatic rings. The Labute approximate surface area is 192 Å². The first kappa shape index (κ1) is 23.0. The fraction of sp³-hybridized carbons (Fsp3) is 0.160. The number of hydrogen-bond acceptors (Lipinski definition) is 4. The molecule has 0 unspecified atom stereocenters. The maximum Gasteiger partial charge on any atom is 0.240 e. The Bertz CT molecular complexity index is 1100. The molecule has 0 saturated heterocycles. The van der Waals surface area contributed by atoms with Crippen LogP contribution in [0.2, 0.25) is 5.02 Å². The number of hydrogen-bond donors (Lipinski definition) is 2. The first-order valence-electron chi connectivity index (χ1n) is 10.2. The van der Waals surface area contributed by atoms with E-state index < -0.39 is 0 Å². The van der Waals surface area contributed by atoms with Gasteiger partial charge in [0, 0.05) is 29.1 Å². The summed E-state index contributed by atoms with van der Waals surface area (Å²) in [5.41, 5.74) is 5.65. The molecule has 0 saturated carbocycles. The average Bonchev–Trinajstić information content (AvgIpc) is 2.81. The third-order valence-corrected chi connectivity index (χ3v) is 5.08. The molecule has 0 atom stereocenters. The Balaban J connectivity index is 1.47. The molecule has 0 bridgehead atoms. The van der Waals surface area contributed by atoms with Gasteiger partial charge in [-0.25, -0.2) is 5.43 Å². The normalized spacial score (nSPS) is 10.7. The van der Waals surface area contributed by atoms with E-state index in [1.807, 2.05) is 61.5 Å². The maximum atomic E-state index is 12.1. The number of para-hydroxylation sites is 1. The van der Waals surface area contributed by atoms with Gasteiger partial charge < -0.3 is 10.1 Å². The van der Waals surface area contributed by atoms with Gasteiger partial charge in [-0.1, -0.05) is 60.1 Å². The van der Waals surface area contributed by atoms with Gasteiger partial charge in [0.05, 0.1) is 6.21 Å². The summed E-state index contributed by atoms with van der Waals surface area (Å²) in [6, 6.07) is 22.5. The summed E-state index contributed by atoms with van der Waals surface area (Å²) in [7, 11) is 0. The van der Waals surface area contributed by atoms with E-state index in [-0.39, 0.29) is 24.7 Å². The highest BCUT2D eigenvalue weighted by Gasteiger charge is 2.09. The number of carbonyl (C=O) groups is 2. The summed E-state index contributed by atoms with van der Waals surface area (Å²) >= 11 is 6.05. The lowest BCUT2D eigenvalue weighted by molar-refractivity contribution is -0.124. The molecule has 6 nitrogen and oxygen atoms in total. The SMILES string of the molecule is Cc1c(Cl)cccc1NC(=O)CCC(=O)NN=Cc1ccccc1OCc1ccccc1. The van der Waals surface area contributed by atoms with Crippen molar-refractivity contribution < 1.29 is 14.3 Å². The fourth-order valence-electron chi connectivity index (χ4n) is 2.87. The second-order valence-corrected chi connectivity index (χ2v) is 7.47. The number of carbonyl (C=O) groups excluding carboxylic acids is 2. The number of ether oxygens (including phenoxy) is 1. The third kappa shape index (κ3) is 6.96. The monoisotopic (exact) mass is 449 g/mol. The van der Waals surface area contributed by atoms with Gasteiger partial charge in [-0.2, -0.15) is 5.10 Å². The van der Waals surface area contributed by atoms with Crippen molar-refractivity contribution in [2.75, 3.05) is 5.32 Å². The predicted molar refractivity (Wildman–Crippen MR) is 127 cm³/mol. The van der Waals surface area contributed by atoms with Gasteiger partial charge >= 0.3 is 0 Å². The molecule has 0 spiro atoms. The van der Waals surface area contributed by atoms with Gasteiger partial charge in [-0.3, -0.25) is 9.59 Å². The molecule has 0 fully saturated rings. The minimum Gasteiger partial charge on any atom is -0.488 e. The molecule has 0 aromatic heterocycles. The Morgan fingerprint density at radius 1 is 0.938 bits per heavy atom. The number of anilines is 1. The Hall–Kier alpha value is -3.64. The number of hydrazone groups is 1. The summed E-state index contributed by atoms with van der Waals surface area (Å²) in [5.74, 6) is 0.0293. The van der Waals surface area contributed by atoms with Crippen LogP contribution < -0.4 is 15.5 Å². The van der Waals surface area contributed by atoms with Crippen molar-refractivity contribution in [2.24, 2.45) is 5.10 Å². The molecule has 32 heavy (non-hydrogen) atoms. The molecule has 3 aromatic carbocycles. The topological polar surface area (TPSA) is 79.8 Å². The first-order valence-corrected chi connectivity index (χ1v) is 10.5. The summed E-state index contributed by atoms with van der Waals surface area (Å²) in [4.78, 5) is 24.2. The number of rotatable bonds is 9. The zero-order valence-electron chi connectivity index (χ0n) is 17.7. The van der Waals surface area contributed by atoms with Crippen LogP contribution in [0.4, 0.5) is 5.69 Å². The minimum absolute atomic E-state index is 0.00887. The van der Waals surface area contributed by atoms with Crippen LogP contribution in [-0.2, 0) is 16.2 Å². The van der Waals surface area contributed by atoms with Gasteiger partial charge in [-0.05, 0) is 42.3 Å². The molecule has 0 aliphatic heterocycles. The lowest BCUT2D eigenvalue weighted by atomic mass is 10.2. The summed E-state index contributed by atoms with van der Waals surface area (Å²) in [6.45, 7) is 2.25. The van der Waals surface area contributed by atoms with Crippen molar-refractivity contribution in [1.29, 1.82) is 0 Å². The smallest absolute Gasteiger partial charge is 0.240 e. The summed E-state index contributed by atoms with van der Waals surface area (Å²) in [5, 5.41) is 7.33. The second kappa shape index (κ2) is 11.7. The van der Waals surface area contributed by atoms with Crippen LogP contribution in [0.1, 0.15) is 29.5 Å². The lowest BCUT2D eigenvalue weighted by Crippen LogP contribution is -2.21. The van der Waals surface area contributed by atoms with E-state index in [2.05, 4.69) is 15.8 Å². The molecule has 7 heteroatoms. The van der Waals surface area contributed by atoms with Crippen LogP contribution >= 0.6 is 11.6 Å². The highest BCUT2D eigenvalue weighted by molar-refractivity contribution is 6.31. The Morgan fingerprint density at radius 2 is 1.66 bits per heavy atom. The standard InChI is InChI=1S/C25H24ClN3O3/c1-18-21(26)11-7-12-22(18)28-24(30)14-15-25(31)29-27-16-20-10-5-6-13-23(20)32-17-19-8-3-2-4-9-19/h2-13,16H,14-15,17H2,1H3,(H,28,30)(H,29,31). The van der Waals surface area contributed by atoms with E-state index in [0.717, 1.165) is 16.7 Å². The van der Waals surface area contributed by atoms with Crippen molar-refractivity contribution in [1.82, 2.24) is 5.43 Å². The van der Waals surface area contributed by atoms with Gasteiger partial charge in [0.15, 0.2) is 0 Å². The van der Waals surface area contributed by atoms with Crippen molar-refractivity contribution in [3.63, 3.8) is 0 Å². The van der Waals surface area contributed by atoms with E-state index >= 15 is 0 Å². The molecule has 3 rings (SSSR count). The molecule has 0 aliphatic carbocycles. The van der Waals surface area contributed by atoms with E-state index in [1.165, 1.54) is 6.21 Å². The van der Waals surface area contributed by atoms with Crippen LogP contribution in [0.3, 0.4) is 0 Å². The van der Waals surface area contributed by atoms with E-state index in [1.54, 1.807) is 18.2 Å². The Kier molecular flexibility index (Phi) is 8.40. The molecule has 2 N–H and O–H groups in total. The van der Waals surface area contributed by atoms with Gasteiger partial charge in [0.2, 0.25) is 11.8 Å². The average molecular weight is 450 g/mol. The van der Waals surface area contributed by atoms with Crippen molar-refractivity contribution in [3.05, 3.63) is 94.5 Å². The van der Waals surface area contributed by atoms with Gasteiger partial charge in [-0.15, -0.1) is 0 Å². The predicted octanol–water partition coefficient (Wildman–Crippen LogP) is 5.10. The zero-order valence-corrected chi connectivity index (χ0v) is 18.4. The van der Waals surface area contributed by atoms with Crippen LogP contribution in [-0.4, -0.2) is 18.0 Å². The van der Waals surface area contributed by atoms with E-state index in [9.17, 15) is 9.59 Å². The van der Waals surface area contributed by atoms with Crippen LogP contribution in [0.5, 0.6) is 5.75 Å². The van der Waals surface area contributed by atoms with Gasteiger partial charge in [0.1, 0.15) is 12.4 Å². The fourth-order valence-corrected chi connectivity index (χ4v) is 3.04. The molecular weight excluding hydrogens is 426 g/mol. The third-order valence-electron chi connectivity index (χ3n) is 4.67. The van der Waals surface area contributed by atoms with Crippen LogP contribution in [0.25, 0.3) is 0 Å². The van der Waals surface area contributed by atoms with E-state index in [4.69, 9.17) is 16.3 Å². The zero-order chi connectivity index (χ0) is 22.8.